The predicted octanol–water partition coefficient (Wildman–Crippen LogP) is 3.54. The van der Waals surface area contributed by atoms with Crippen LogP contribution in [0.1, 0.15) is 40.3 Å². The van der Waals surface area contributed by atoms with E-state index >= 15 is 0 Å². The van der Waals surface area contributed by atoms with Crippen LogP contribution in [0.5, 0.6) is 0 Å². The van der Waals surface area contributed by atoms with E-state index in [0.717, 1.165) is 33.4 Å². The van der Waals surface area contributed by atoms with Crippen LogP contribution in [0.25, 0.3) is 43.6 Å². The van der Waals surface area contributed by atoms with Gasteiger partial charge in [0.1, 0.15) is 0 Å². The molecule has 11 heteroatoms. The fourth-order valence-corrected chi connectivity index (χ4v) is 8.18. The number of esters is 1. The third kappa shape index (κ3) is 2.96. The Labute approximate surface area is 247 Å². The maximum absolute atomic E-state index is 13.4. The first-order chi connectivity index (χ1) is 20.2. The number of nitrogens with one attached hydrogen (secondary N) is 1. The van der Waals surface area contributed by atoms with Crippen molar-refractivity contribution in [2.75, 3.05) is 13.2 Å². The second-order valence-electron chi connectivity index (χ2n) is 10.8. The zero-order valence-corrected chi connectivity index (χ0v) is 24.8. The van der Waals surface area contributed by atoms with Crippen LogP contribution in [0.2, 0.25) is 0 Å². The van der Waals surface area contributed by atoms with Crippen LogP contribution in [0.4, 0.5) is 0 Å². The van der Waals surface area contributed by atoms with E-state index in [1.807, 2.05) is 64.6 Å². The predicted molar refractivity (Wildman–Crippen MR) is 150 cm³/mol. The molecule has 3 aromatic carbocycles. The Kier molecular flexibility index (Phi) is 5.21. The summed E-state index contributed by atoms with van der Waals surface area (Å²) in [5.41, 5.74) is 0.721. The molecule has 42 heavy (non-hydrogen) atoms. The van der Waals surface area contributed by atoms with Crippen molar-refractivity contribution in [1.29, 1.82) is 0 Å². The van der Waals surface area contributed by atoms with E-state index in [4.69, 9.17) is 14.2 Å². The molecule has 3 aliphatic heterocycles. The Morgan fingerprint density at radius 2 is 1.64 bits per heavy atom. The first-order valence-electron chi connectivity index (χ1n) is 13.4. The molecule has 0 radical (unpaired) electrons. The van der Waals surface area contributed by atoms with Gasteiger partial charge in [0, 0.05) is 0 Å². The number of hydrogen-bond acceptors (Lipinski definition) is 7. The summed E-state index contributed by atoms with van der Waals surface area (Å²) in [4.78, 5) is 38.3. The first-order valence-corrected chi connectivity index (χ1v) is 14.7. The van der Waals surface area contributed by atoms with E-state index < -0.39 is 35.3 Å². The molecule has 0 spiro atoms. The molecule has 2 amide bonds. The van der Waals surface area contributed by atoms with Gasteiger partial charge in [0.15, 0.2) is 0 Å². The minimum atomic E-state index is -1.63. The standard InChI is InChI=1S/C31H23N3O7.Os/c1-3-21(35)40-13-12-39-15-31(38)14-20-33-18-10-6-4-8-16(18)22-24-25(29(37)32-28(24)36)23-17-9-5-7-11-19(17)34(27(23)26(22)33)30(31,2)41-20;/h3-11,20,38H,1,12-14H2,2H3,(H,32,36,37);/t20?,30-,31-;/m0./s1. The van der Waals surface area contributed by atoms with Crippen LogP contribution >= 0.6 is 0 Å². The van der Waals surface area contributed by atoms with Crippen LogP contribution in [0, 0.1) is 0 Å². The molecule has 2 aromatic heterocycles. The first kappa shape index (κ1) is 25.7. The van der Waals surface area contributed by atoms with E-state index in [9.17, 15) is 19.5 Å². The van der Waals surface area contributed by atoms with Gasteiger partial charge in [0.25, 0.3) is 0 Å². The van der Waals surface area contributed by atoms with Crippen LogP contribution in [0.3, 0.4) is 0 Å². The molecule has 212 valence electrons. The van der Waals surface area contributed by atoms with Gasteiger partial charge in [-0.2, -0.15) is 0 Å². The van der Waals surface area contributed by atoms with Crippen LogP contribution in [0.15, 0.2) is 61.2 Å². The number of amides is 2. The Morgan fingerprint density at radius 3 is 2.33 bits per heavy atom. The molecular formula is C31H23N3O7Os. The van der Waals surface area contributed by atoms with Gasteiger partial charge in [-0.05, 0) is 0 Å². The Morgan fingerprint density at radius 1 is 1.05 bits per heavy atom. The average Bonchev–Trinajstić information content (AvgIpc) is 3.65. The number of rotatable bonds is 6. The van der Waals surface area contributed by atoms with E-state index in [0.29, 0.717) is 31.7 Å². The molecule has 5 aromatic rings. The molecule has 5 heterocycles. The minimum absolute atomic E-state index is 0.0125. The number of aromatic nitrogens is 2. The molecule has 2 bridgehead atoms. The number of benzene rings is 3. The fourth-order valence-electron chi connectivity index (χ4n) is 7.07. The Hall–Kier alpha value is -4.00. The number of ether oxygens (including phenoxy) is 3. The number of imide groups is 1. The third-order valence-corrected chi connectivity index (χ3v) is 10.2. The number of fused-ring (bicyclic) bond motifs is 13. The second kappa shape index (κ2) is 8.52. The van der Waals surface area contributed by atoms with Crippen molar-refractivity contribution in [3.63, 3.8) is 0 Å². The van der Waals surface area contributed by atoms with Crippen molar-refractivity contribution in [2.45, 2.75) is 30.9 Å². The number of hydrogen-bond donors (Lipinski definition) is 2. The van der Waals surface area contributed by atoms with Crippen molar-refractivity contribution in [1.82, 2.24) is 14.5 Å². The average molecular weight is 740 g/mol. The molecule has 1 saturated heterocycles. The second-order valence-corrected chi connectivity index (χ2v) is 12.0. The molecule has 2 N–H and O–H groups in total. The molecular weight excluding hydrogens is 717 g/mol. The van der Waals surface area contributed by atoms with Crippen molar-refractivity contribution in [3.05, 3.63) is 72.3 Å². The summed E-state index contributed by atoms with van der Waals surface area (Å²) in [7, 11) is 0. The fraction of sp³-hybridized carbons (Fsp3) is 0.226. The van der Waals surface area contributed by atoms with Gasteiger partial charge < -0.3 is 0 Å². The quantitative estimate of drug-likeness (QED) is 0.118. The van der Waals surface area contributed by atoms with Crippen LogP contribution in [-0.2, 0) is 42.9 Å². The van der Waals surface area contributed by atoms with Gasteiger partial charge >= 0.3 is 248 Å². The Bertz CT molecular complexity index is 2130. The van der Waals surface area contributed by atoms with Gasteiger partial charge in [0.05, 0.1) is 0 Å². The molecule has 8 rings (SSSR count). The molecule has 10 nitrogen and oxygen atoms in total. The molecule has 0 saturated carbocycles. The third-order valence-electron chi connectivity index (χ3n) is 8.79. The molecule has 0 aliphatic carbocycles. The Balaban J connectivity index is 1.46. The maximum atomic E-state index is 13.4. The molecule has 1 unspecified atom stereocenters. The van der Waals surface area contributed by atoms with Crippen LogP contribution in [-0.4, -0.2) is 55.1 Å². The van der Waals surface area contributed by atoms with Crippen molar-refractivity contribution < 1.29 is 51.8 Å². The van der Waals surface area contributed by atoms with E-state index in [-0.39, 0.29) is 19.6 Å². The number of aliphatic hydroxyl groups is 1. The number of nitrogens with zero attached hydrogens (tertiary/aromatic N) is 2. The topological polar surface area (TPSA) is 121 Å². The van der Waals surface area contributed by atoms with Gasteiger partial charge in [-0.3, -0.25) is 0 Å². The van der Waals surface area contributed by atoms with Gasteiger partial charge in [-0.1, -0.05) is 0 Å². The monoisotopic (exact) mass is 741 g/mol. The van der Waals surface area contributed by atoms with E-state index in [2.05, 4.69) is 11.9 Å². The summed E-state index contributed by atoms with van der Waals surface area (Å²) in [5.74, 6) is -1.43. The molecule has 3 atom stereocenters. The van der Waals surface area contributed by atoms with Gasteiger partial charge in [-0.15, -0.1) is 0 Å². The van der Waals surface area contributed by atoms with Crippen molar-refractivity contribution in [3.8, 4) is 0 Å². The van der Waals surface area contributed by atoms with E-state index in [1.165, 1.54) is 18.1 Å². The number of carbonyl (C=O) groups is 3. The number of carbonyl (C=O) groups excluding carboxylic acids is 3. The number of para-hydroxylation sites is 2. The summed E-state index contributed by atoms with van der Waals surface area (Å²) >= 11 is 1.43. The molecule has 1 fully saturated rings. The van der Waals surface area contributed by atoms with Crippen molar-refractivity contribution >= 4 is 65.6 Å². The van der Waals surface area contributed by atoms with Crippen LogP contribution < -0.4 is 5.32 Å². The zero-order chi connectivity index (χ0) is 29.1. The van der Waals surface area contributed by atoms with E-state index in [1.54, 1.807) is 0 Å². The SMILES string of the molecule is C=CC(=O)OCCO[C](=[Os])[C@@]1(O)CC2O[C@]1(C)n1c3ccccc3c3c4c(c5c6ccccc6n2c5c31)C(=O)NC4=O. The zero-order valence-electron chi connectivity index (χ0n) is 22.2. The summed E-state index contributed by atoms with van der Waals surface area (Å²) in [6.45, 7) is 5.25. The summed E-state index contributed by atoms with van der Waals surface area (Å²) in [6.07, 6.45) is 0.596. The summed E-state index contributed by atoms with van der Waals surface area (Å²) in [5, 5.41) is 18.0. The summed E-state index contributed by atoms with van der Waals surface area (Å²) < 4.78 is 22.3. The summed E-state index contributed by atoms with van der Waals surface area (Å²) in [6, 6.07) is 15.3. The van der Waals surface area contributed by atoms with Crippen molar-refractivity contribution in [2.24, 2.45) is 0 Å². The molecule has 3 aliphatic rings. The normalized spacial score (nSPS) is 24.1. The van der Waals surface area contributed by atoms with Gasteiger partial charge in [0.2, 0.25) is 0 Å². The van der Waals surface area contributed by atoms with Gasteiger partial charge in [-0.25, -0.2) is 0 Å².